The minimum atomic E-state index is -0.150. The molecule has 0 saturated carbocycles. The SMILES string of the molecule is Cc1noc(C)c1NC(=O)c1ccc(CN2CCc3ccccc3C2)cc1. The second-order valence-corrected chi connectivity index (χ2v) is 7.08. The third-order valence-electron chi connectivity index (χ3n) is 5.10. The zero-order valence-corrected chi connectivity index (χ0v) is 15.7. The molecule has 0 bridgehead atoms. The predicted octanol–water partition coefficient (Wildman–Crippen LogP) is 4.10. The zero-order chi connectivity index (χ0) is 18.8. The first-order valence-electron chi connectivity index (χ1n) is 9.22. The molecule has 27 heavy (non-hydrogen) atoms. The summed E-state index contributed by atoms with van der Waals surface area (Å²) in [6, 6.07) is 16.5. The van der Waals surface area contributed by atoms with E-state index in [0.717, 1.165) is 26.1 Å². The van der Waals surface area contributed by atoms with Gasteiger partial charge in [0.05, 0.1) is 0 Å². The number of hydrogen-bond donors (Lipinski definition) is 1. The van der Waals surface area contributed by atoms with Gasteiger partial charge in [-0.05, 0) is 49.1 Å². The van der Waals surface area contributed by atoms with E-state index in [4.69, 9.17) is 4.52 Å². The number of nitrogens with one attached hydrogen (secondary N) is 1. The number of fused-ring (bicyclic) bond motifs is 1. The van der Waals surface area contributed by atoms with Crippen LogP contribution in [0, 0.1) is 13.8 Å². The predicted molar refractivity (Wildman–Crippen MR) is 105 cm³/mol. The van der Waals surface area contributed by atoms with Crippen molar-refractivity contribution in [3.05, 3.63) is 82.2 Å². The number of carbonyl (C=O) groups excluding carboxylic acids is 1. The maximum Gasteiger partial charge on any atom is 0.255 e. The van der Waals surface area contributed by atoms with E-state index in [0.29, 0.717) is 22.7 Å². The summed E-state index contributed by atoms with van der Waals surface area (Å²) in [5.74, 6) is 0.464. The Hall–Kier alpha value is -2.92. The van der Waals surface area contributed by atoms with Crippen LogP contribution in [0.1, 0.15) is 38.5 Å². The molecule has 0 unspecified atom stereocenters. The molecule has 0 saturated heterocycles. The fourth-order valence-corrected chi connectivity index (χ4v) is 3.56. The monoisotopic (exact) mass is 361 g/mol. The first kappa shape index (κ1) is 17.5. The number of amides is 1. The Morgan fingerprint density at radius 3 is 2.56 bits per heavy atom. The molecule has 0 radical (unpaired) electrons. The number of anilines is 1. The molecular formula is C22H23N3O2. The first-order chi connectivity index (χ1) is 13.1. The topological polar surface area (TPSA) is 58.4 Å². The number of carbonyl (C=O) groups is 1. The second-order valence-electron chi connectivity index (χ2n) is 7.08. The van der Waals surface area contributed by atoms with Crippen molar-refractivity contribution >= 4 is 11.6 Å². The van der Waals surface area contributed by atoms with Crippen molar-refractivity contribution in [3.8, 4) is 0 Å². The summed E-state index contributed by atoms with van der Waals surface area (Å²) in [5.41, 5.74) is 6.05. The first-order valence-corrected chi connectivity index (χ1v) is 9.22. The number of nitrogens with zero attached hydrogens (tertiary/aromatic N) is 2. The largest absolute Gasteiger partial charge is 0.359 e. The van der Waals surface area contributed by atoms with E-state index < -0.39 is 0 Å². The van der Waals surface area contributed by atoms with Gasteiger partial charge in [-0.3, -0.25) is 9.69 Å². The molecule has 0 fully saturated rings. The van der Waals surface area contributed by atoms with Crippen LogP contribution in [-0.2, 0) is 19.5 Å². The molecule has 1 N–H and O–H groups in total. The van der Waals surface area contributed by atoms with Crippen molar-refractivity contribution < 1.29 is 9.32 Å². The molecule has 5 heteroatoms. The highest BCUT2D eigenvalue weighted by molar-refractivity contribution is 6.04. The Labute approximate surface area is 159 Å². The molecule has 2 heterocycles. The van der Waals surface area contributed by atoms with Crippen molar-refractivity contribution in [2.45, 2.75) is 33.4 Å². The van der Waals surface area contributed by atoms with Crippen LogP contribution in [-0.4, -0.2) is 22.5 Å². The van der Waals surface area contributed by atoms with E-state index in [-0.39, 0.29) is 5.91 Å². The molecule has 138 valence electrons. The van der Waals surface area contributed by atoms with Crippen molar-refractivity contribution in [3.63, 3.8) is 0 Å². The van der Waals surface area contributed by atoms with Gasteiger partial charge in [0, 0.05) is 25.2 Å². The summed E-state index contributed by atoms with van der Waals surface area (Å²) >= 11 is 0. The molecule has 3 aromatic rings. The summed E-state index contributed by atoms with van der Waals surface area (Å²) in [5, 5.41) is 6.74. The maximum atomic E-state index is 12.5. The van der Waals surface area contributed by atoms with Gasteiger partial charge in [-0.2, -0.15) is 0 Å². The van der Waals surface area contributed by atoms with Gasteiger partial charge in [0.15, 0.2) is 5.76 Å². The number of rotatable bonds is 4. The summed E-state index contributed by atoms with van der Waals surface area (Å²) in [6.07, 6.45) is 1.09. The number of aryl methyl sites for hydroxylation is 2. The van der Waals surface area contributed by atoms with Gasteiger partial charge in [0.25, 0.3) is 5.91 Å². The minimum Gasteiger partial charge on any atom is -0.359 e. The molecule has 0 atom stereocenters. The van der Waals surface area contributed by atoms with Crippen LogP contribution in [0.4, 0.5) is 5.69 Å². The van der Waals surface area contributed by atoms with Gasteiger partial charge >= 0.3 is 0 Å². The minimum absolute atomic E-state index is 0.150. The van der Waals surface area contributed by atoms with Crippen LogP contribution in [0.25, 0.3) is 0 Å². The summed E-state index contributed by atoms with van der Waals surface area (Å²) in [4.78, 5) is 14.9. The van der Waals surface area contributed by atoms with E-state index >= 15 is 0 Å². The lowest BCUT2D eigenvalue weighted by Crippen LogP contribution is -2.29. The Kier molecular flexibility index (Phi) is 4.77. The molecule has 1 aromatic heterocycles. The lowest BCUT2D eigenvalue weighted by Gasteiger charge is -2.28. The lowest BCUT2D eigenvalue weighted by molar-refractivity contribution is 0.102. The van der Waals surface area contributed by atoms with Crippen LogP contribution < -0.4 is 5.32 Å². The molecule has 5 nitrogen and oxygen atoms in total. The van der Waals surface area contributed by atoms with Crippen molar-refractivity contribution in [1.29, 1.82) is 0 Å². The standard InChI is InChI=1S/C22H23N3O2/c1-15-21(16(2)27-24-15)23-22(26)19-9-7-17(8-10-19)13-25-12-11-18-5-3-4-6-20(18)14-25/h3-10H,11-14H2,1-2H3,(H,23,26). The Bertz CT molecular complexity index is 940. The van der Waals surface area contributed by atoms with Crippen molar-refractivity contribution in [1.82, 2.24) is 10.1 Å². The van der Waals surface area contributed by atoms with E-state index in [1.807, 2.05) is 31.2 Å². The van der Waals surface area contributed by atoms with Crippen LogP contribution in [0.3, 0.4) is 0 Å². The Morgan fingerprint density at radius 1 is 1.11 bits per heavy atom. The highest BCUT2D eigenvalue weighted by Crippen LogP contribution is 2.22. The van der Waals surface area contributed by atoms with Gasteiger partial charge in [-0.25, -0.2) is 0 Å². The number of benzene rings is 2. The second kappa shape index (κ2) is 7.37. The molecule has 1 aliphatic rings. The molecule has 1 aliphatic heterocycles. The summed E-state index contributed by atoms with van der Waals surface area (Å²) in [7, 11) is 0. The lowest BCUT2D eigenvalue weighted by atomic mass is 9.99. The van der Waals surface area contributed by atoms with Crippen molar-refractivity contribution in [2.24, 2.45) is 0 Å². The molecular weight excluding hydrogens is 338 g/mol. The molecule has 2 aromatic carbocycles. The quantitative estimate of drug-likeness (QED) is 0.760. The highest BCUT2D eigenvalue weighted by atomic mass is 16.5. The molecule has 1 amide bonds. The van der Waals surface area contributed by atoms with E-state index in [9.17, 15) is 4.79 Å². The van der Waals surface area contributed by atoms with Crippen LogP contribution >= 0.6 is 0 Å². The summed E-state index contributed by atoms with van der Waals surface area (Å²) < 4.78 is 5.09. The fourth-order valence-electron chi connectivity index (χ4n) is 3.56. The van der Waals surface area contributed by atoms with Crippen LogP contribution in [0.2, 0.25) is 0 Å². The van der Waals surface area contributed by atoms with E-state index in [2.05, 4.69) is 39.6 Å². The van der Waals surface area contributed by atoms with E-state index in [1.54, 1.807) is 6.92 Å². The van der Waals surface area contributed by atoms with Crippen LogP contribution in [0.15, 0.2) is 53.1 Å². The number of hydrogen-bond acceptors (Lipinski definition) is 4. The average molecular weight is 361 g/mol. The Balaban J connectivity index is 1.40. The van der Waals surface area contributed by atoms with E-state index in [1.165, 1.54) is 16.7 Å². The van der Waals surface area contributed by atoms with Gasteiger partial charge in [-0.1, -0.05) is 41.6 Å². The molecule has 4 rings (SSSR count). The van der Waals surface area contributed by atoms with Gasteiger partial charge < -0.3 is 9.84 Å². The summed E-state index contributed by atoms with van der Waals surface area (Å²) in [6.45, 7) is 6.53. The highest BCUT2D eigenvalue weighted by Gasteiger charge is 2.17. The molecule has 0 spiro atoms. The average Bonchev–Trinajstić information content (AvgIpc) is 3.00. The van der Waals surface area contributed by atoms with Crippen LogP contribution in [0.5, 0.6) is 0 Å². The zero-order valence-electron chi connectivity index (χ0n) is 15.7. The van der Waals surface area contributed by atoms with Crippen molar-refractivity contribution in [2.75, 3.05) is 11.9 Å². The molecule has 0 aliphatic carbocycles. The van der Waals surface area contributed by atoms with Gasteiger partial charge in [-0.15, -0.1) is 0 Å². The fraction of sp³-hybridized carbons (Fsp3) is 0.273. The smallest absolute Gasteiger partial charge is 0.255 e. The normalized spacial score (nSPS) is 14.0. The Morgan fingerprint density at radius 2 is 1.85 bits per heavy atom. The van der Waals surface area contributed by atoms with Gasteiger partial charge in [0.2, 0.25) is 0 Å². The third kappa shape index (κ3) is 3.78. The number of aromatic nitrogens is 1. The third-order valence-corrected chi connectivity index (χ3v) is 5.10. The van der Waals surface area contributed by atoms with Gasteiger partial charge in [0.1, 0.15) is 11.4 Å². The maximum absolute atomic E-state index is 12.5.